The Balaban J connectivity index is 1.80. The Morgan fingerprint density at radius 1 is 1.25 bits per heavy atom. The van der Waals surface area contributed by atoms with Crippen LogP contribution in [0.3, 0.4) is 0 Å². The van der Waals surface area contributed by atoms with Crippen LogP contribution in [0.4, 0.5) is 5.69 Å². The van der Waals surface area contributed by atoms with Crippen LogP contribution >= 0.6 is 0 Å². The Kier molecular flexibility index (Phi) is 5.52. The number of hydrogen-bond donors (Lipinski definition) is 1. The van der Waals surface area contributed by atoms with Crippen molar-refractivity contribution in [1.82, 2.24) is 14.8 Å². The first-order chi connectivity index (χ1) is 9.79. The van der Waals surface area contributed by atoms with Gasteiger partial charge in [-0.2, -0.15) is 5.10 Å². The van der Waals surface area contributed by atoms with Gasteiger partial charge in [0.15, 0.2) is 5.82 Å². The molecule has 0 amide bonds. The minimum absolute atomic E-state index is 0.627. The summed E-state index contributed by atoms with van der Waals surface area (Å²) in [6, 6.07) is 7.56. The van der Waals surface area contributed by atoms with Crippen molar-refractivity contribution in [2.45, 2.75) is 13.0 Å². The average Bonchev–Trinajstić information content (AvgIpc) is 2.91. The highest BCUT2D eigenvalue weighted by Gasteiger charge is 2.04. The zero-order valence-electron chi connectivity index (χ0n) is 11.7. The van der Waals surface area contributed by atoms with Crippen LogP contribution in [0.2, 0.25) is 0 Å². The summed E-state index contributed by atoms with van der Waals surface area (Å²) in [6.07, 6.45) is 2.62. The lowest BCUT2D eigenvalue weighted by atomic mass is 10.2. The molecule has 2 aromatic rings. The molecule has 0 spiro atoms. The Morgan fingerprint density at radius 3 is 2.95 bits per heavy atom. The van der Waals surface area contributed by atoms with Crippen LogP contribution in [0.25, 0.3) is 11.4 Å². The smallest absolute Gasteiger partial charge is 0.181 e. The number of methoxy groups -OCH3 is 1. The van der Waals surface area contributed by atoms with Gasteiger partial charge in [0.25, 0.3) is 0 Å². The maximum absolute atomic E-state index is 5.75. The van der Waals surface area contributed by atoms with Crippen LogP contribution in [0.1, 0.15) is 6.42 Å². The van der Waals surface area contributed by atoms with Gasteiger partial charge in [0.1, 0.15) is 6.33 Å². The van der Waals surface area contributed by atoms with Crippen molar-refractivity contribution in [3.8, 4) is 11.4 Å². The normalized spacial score (nSPS) is 10.8. The van der Waals surface area contributed by atoms with E-state index >= 15 is 0 Å². The van der Waals surface area contributed by atoms with E-state index in [4.69, 9.17) is 15.2 Å². The summed E-state index contributed by atoms with van der Waals surface area (Å²) in [7, 11) is 1.66. The number of rotatable bonds is 8. The molecule has 0 saturated heterocycles. The van der Waals surface area contributed by atoms with Gasteiger partial charge in [-0.15, -0.1) is 0 Å². The zero-order valence-corrected chi connectivity index (χ0v) is 11.7. The van der Waals surface area contributed by atoms with E-state index in [1.165, 1.54) is 0 Å². The number of nitrogens with zero attached hydrogens (tertiary/aromatic N) is 3. The van der Waals surface area contributed by atoms with Gasteiger partial charge in [0.05, 0.1) is 13.2 Å². The minimum Gasteiger partial charge on any atom is -0.399 e. The van der Waals surface area contributed by atoms with E-state index in [9.17, 15) is 0 Å². The Hall–Kier alpha value is -1.92. The fourth-order valence-corrected chi connectivity index (χ4v) is 1.79. The SMILES string of the molecule is COCCOCCCn1cnc(-c2cccc(N)c2)n1. The highest BCUT2D eigenvalue weighted by Crippen LogP contribution is 2.16. The van der Waals surface area contributed by atoms with Crippen molar-refractivity contribution in [1.29, 1.82) is 0 Å². The molecule has 1 aromatic heterocycles. The molecule has 0 radical (unpaired) electrons. The highest BCUT2D eigenvalue weighted by molar-refractivity contribution is 5.60. The van der Waals surface area contributed by atoms with Crippen LogP contribution in [0.15, 0.2) is 30.6 Å². The molecule has 0 unspecified atom stereocenters. The lowest BCUT2D eigenvalue weighted by molar-refractivity contribution is 0.0677. The third kappa shape index (κ3) is 4.32. The maximum atomic E-state index is 5.75. The number of aryl methyl sites for hydroxylation is 1. The largest absolute Gasteiger partial charge is 0.399 e. The van der Waals surface area contributed by atoms with Gasteiger partial charge in [0, 0.05) is 31.5 Å². The quantitative estimate of drug-likeness (QED) is 0.585. The molecular weight excluding hydrogens is 256 g/mol. The average molecular weight is 276 g/mol. The van der Waals surface area contributed by atoms with Crippen LogP contribution in [0, 0.1) is 0 Å². The lowest BCUT2D eigenvalue weighted by Crippen LogP contribution is -2.06. The second-order valence-electron chi connectivity index (χ2n) is 4.42. The fourth-order valence-electron chi connectivity index (χ4n) is 1.79. The minimum atomic E-state index is 0.627. The molecule has 6 nitrogen and oxygen atoms in total. The van der Waals surface area contributed by atoms with Crippen LogP contribution in [0.5, 0.6) is 0 Å². The summed E-state index contributed by atoms with van der Waals surface area (Å²) >= 11 is 0. The predicted octanol–water partition coefficient (Wildman–Crippen LogP) is 1.58. The molecule has 20 heavy (non-hydrogen) atoms. The third-order valence-electron chi connectivity index (χ3n) is 2.79. The van der Waals surface area contributed by atoms with Gasteiger partial charge in [-0.25, -0.2) is 4.98 Å². The number of anilines is 1. The van der Waals surface area contributed by atoms with Gasteiger partial charge < -0.3 is 15.2 Å². The van der Waals surface area contributed by atoms with Gasteiger partial charge >= 0.3 is 0 Å². The highest BCUT2D eigenvalue weighted by atomic mass is 16.5. The maximum Gasteiger partial charge on any atom is 0.181 e. The summed E-state index contributed by atoms with van der Waals surface area (Å²) in [6.45, 7) is 2.73. The topological polar surface area (TPSA) is 75.2 Å². The van der Waals surface area contributed by atoms with Crippen LogP contribution in [-0.4, -0.2) is 41.7 Å². The molecule has 1 aromatic carbocycles. The monoisotopic (exact) mass is 276 g/mol. The van der Waals surface area contributed by atoms with E-state index in [0.29, 0.717) is 31.3 Å². The van der Waals surface area contributed by atoms with E-state index in [0.717, 1.165) is 18.5 Å². The molecule has 2 N–H and O–H groups in total. The molecule has 0 aliphatic rings. The zero-order chi connectivity index (χ0) is 14.2. The molecule has 2 rings (SSSR count). The Morgan fingerprint density at radius 2 is 2.15 bits per heavy atom. The molecule has 0 aliphatic carbocycles. The lowest BCUT2D eigenvalue weighted by Gasteiger charge is -2.03. The molecule has 0 bridgehead atoms. The summed E-state index contributed by atoms with van der Waals surface area (Å²) in [4.78, 5) is 4.29. The summed E-state index contributed by atoms with van der Waals surface area (Å²) in [5, 5.41) is 4.43. The molecule has 0 aliphatic heterocycles. The van der Waals surface area contributed by atoms with Crippen molar-refractivity contribution in [2.24, 2.45) is 0 Å². The van der Waals surface area contributed by atoms with E-state index in [1.807, 2.05) is 28.9 Å². The van der Waals surface area contributed by atoms with E-state index in [2.05, 4.69) is 10.1 Å². The molecule has 0 atom stereocenters. The Bertz CT molecular complexity index is 527. The van der Waals surface area contributed by atoms with Gasteiger partial charge in [-0.1, -0.05) is 12.1 Å². The first kappa shape index (κ1) is 14.5. The third-order valence-corrected chi connectivity index (χ3v) is 2.79. The van der Waals surface area contributed by atoms with E-state index in [-0.39, 0.29) is 0 Å². The predicted molar refractivity (Wildman–Crippen MR) is 77.2 cm³/mol. The van der Waals surface area contributed by atoms with Gasteiger partial charge in [0.2, 0.25) is 0 Å². The molecular formula is C14H20N4O2. The van der Waals surface area contributed by atoms with Crippen molar-refractivity contribution in [2.75, 3.05) is 32.7 Å². The molecule has 6 heteroatoms. The van der Waals surface area contributed by atoms with E-state index < -0.39 is 0 Å². The summed E-state index contributed by atoms with van der Waals surface area (Å²) < 4.78 is 12.1. The second kappa shape index (κ2) is 7.62. The number of hydrogen-bond acceptors (Lipinski definition) is 5. The molecule has 0 saturated carbocycles. The number of benzene rings is 1. The van der Waals surface area contributed by atoms with Crippen molar-refractivity contribution < 1.29 is 9.47 Å². The van der Waals surface area contributed by atoms with Crippen molar-refractivity contribution >= 4 is 5.69 Å². The van der Waals surface area contributed by atoms with Crippen LogP contribution < -0.4 is 5.73 Å². The van der Waals surface area contributed by atoms with Crippen molar-refractivity contribution in [3.05, 3.63) is 30.6 Å². The summed E-state index contributed by atoms with van der Waals surface area (Å²) in [5.41, 5.74) is 7.40. The summed E-state index contributed by atoms with van der Waals surface area (Å²) in [5.74, 6) is 0.692. The van der Waals surface area contributed by atoms with Gasteiger partial charge in [-0.05, 0) is 18.6 Å². The second-order valence-corrected chi connectivity index (χ2v) is 4.42. The number of aromatic nitrogens is 3. The van der Waals surface area contributed by atoms with Gasteiger partial charge in [-0.3, -0.25) is 4.68 Å². The van der Waals surface area contributed by atoms with E-state index in [1.54, 1.807) is 13.4 Å². The molecule has 108 valence electrons. The van der Waals surface area contributed by atoms with Crippen molar-refractivity contribution in [3.63, 3.8) is 0 Å². The van der Waals surface area contributed by atoms with Crippen LogP contribution in [-0.2, 0) is 16.0 Å². The Labute approximate surface area is 118 Å². The first-order valence-corrected chi connectivity index (χ1v) is 6.61. The standard InChI is InChI=1S/C14H20N4O2/c1-19-8-9-20-7-3-6-18-11-16-14(17-18)12-4-2-5-13(15)10-12/h2,4-5,10-11H,3,6-9,15H2,1H3. The first-order valence-electron chi connectivity index (χ1n) is 6.61. The fraction of sp³-hybridized carbons (Fsp3) is 0.429. The molecule has 0 fully saturated rings. The number of nitrogens with two attached hydrogens (primary N) is 1. The number of ether oxygens (including phenoxy) is 2. The number of nitrogen functional groups attached to an aromatic ring is 1. The molecule has 1 heterocycles.